The molecule has 0 saturated heterocycles. The Morgan fingerprint density at radius 2 is 1.96 bits per heavy atom. The zero-order chi connectivity index (χ0) is 19.8. The number of fused-ring (bicyclic) bond motifs is 3. The van der Waals surface area contributed by atoms with Gasteiger partial charge in [0.05, 0.1) is 25.3 Å². The highest BCUT2D eigenvalue weighted by molar-refractivity contribution is 5.99. The number of hydrogen-bond acceptors (Lipinski definition) is 5. The number of nitrogens with zero attached hydrogens (tertiary/aromatic N) is 1. The first-order valence-electron chi connectivity index (χ1n) is 8.90. The molecule has 7 heteroatoms. The second kappa shape index (κ2) is 6.92. The van der Waals surface area contributed by atoms with E-state index in [1.54, 1.807) is 29.2 Å². The number of ether oxygens (including phenoxy) is 2. The van der Waals surface area contributed by atoms with E-state index in [0.717, 1.165) is 22.2 Å². The van der Waals surface area contributed by atoms with E-state index in [0.29, 0.717) is 30.8 Å². The Balaban J connectivity index is 1.67. The summed E-state index contributed by atoms with van der Waals surface area (Å²) in [5.74, 6) is -0.267. The average molecular weight is 380 g/mol. The van der Waals surface area contributed by atoms with Crippen LogP contribution in [-0.2, 0) is 17.7 Å². The zero-order valence-electron chi connectivity index (χ0n) is 15.6. The third kappa shape index (κ3) is 2.94. The molecule has 7 nitrogen and oxygen atoms in total. The summed E-state index contributed by atoms with van der Waals surface area (Å²) in [4.78, 5) is 29.9. The summed E-state index contributed by atoms with van der Waals surface area (Å²) in [6.45, 7) is 0.929. The maximum Gasteiger partial charge on any atom is 0.337 e. The number of aromatic hydroxyl groups is 1. The molecule has 1 amide bonds. The van der Waals surface area contributed by atoms with Crippen molar-refractivity contribution in [1.29, 1.82) is 0 Å². The second-order valence-electron chi connectivity index (χ2n) is 6.69. The molecular weight excluding hydrogens is 360 g/mol. The van der Waals surface area contributed by atoms with E-state index < -0.39 is 5.97 Å². The number of nitrogens with one attached hydrogen (secondary N) is 1. The van der Waals surface area contributed by atoms with E-state index >= 15 is 0 Å². The van der Waals surface area contributed by atoms with Gasteiger partial charge < -0.3 is 24.5 Å². The summed E-state index contributed by atoms with van der Waals surface area (Å²) in [6, 6.07) is 10.00. The Kier molecular flexibility index (Phi) is 4.43. The molecule has 1 aliphatic rings. The van der Waals surface area contributed by atoms with Gasteiger partial charge in [-0.3, -0.25) is 4.79 Å². The number of benzene rings is 2. The third-order valence-corrected chi connectivity index (χ3v) is 5.12. The number of aromatic nitrogens is 1. The molecule has 0 unspecified atom stereocenters. The van der Waals surface area contributed by atoms with E-state index in [9.17, 15) is 14.7 Å². The van der Waals surface area contributed by atoms with Crippen LogP contribution in [0.2, 0.25) is 0 Å². The fourth-order valence-electron chi connectivity index (χ4n) is 3.62. The minimum Gasteiger partial charge on any atom is -0.507 e. The van der Waals surface area contributed by atoms with Crippen LogP contribution in [0.4, 0.5) is 0 Å². The Bertz CT molecular complexity index is 1090. The van der Waals surface area contributed by atoms with Gasteiger partial charge in [-0.15, -0.1) is 0 Å². The van der Waals surface area contributed by atoms with Crippen molar-refractivity contribution >= 4 is 22.8 Å². The number of amides is 1. The Morgan fingerprint density at radius 1 is 1.14 bits per heavy atom. The maximum atomic E-state index is 13.0. The lowest BCUT2D eigenvalue weighted by molar-refractivity contribution is 0.0600. The number of aromatic amines is 1. The molecule has 0 fully saturated rings. The molecule has 0 bridgehead atoms. The van der Waals surface area contributed by atoms with Crippen LogP contribution in [0.3, 0.4) is 0 Å². The van der Waals surface area contributed by atoms with E-state index in [1.165, 1.54) is 20.3 Å². The van der Waals surface area contributed by atoms with Gasteiger partial charge in [-0.1, -0.05) is 0 Å². The van der Waals surface area contributed by atoms with Crippen molar-refractivity contribution in [1.82, 2.24) is 9.88 Å². The van der Waals surface area contributed by atoms with Crippen LogP contribution in [0.25, 0.3) is 10.9 Å². The van der Waals surface area contributed by atoms with Crippen LogP contribution in [-0.4, -0.2) is 47.6 Å². The number of rotatable bonds is 3. The molecule has 0 saturated carbocycles. The fourth-order valence-corrected chi connectivity index (χ4v) is 3.62. The van der Waals surface area contributed by atoms with Crippen molar-refractivity contribution in [2.24, 2.45) is 0 Å². The fraction of sp³-hybridized carbons (Fsp3) is 0.238. The summed E-state index contributed by atoms with van der Waals surface area (Å²) in [5, 5.41) is 11.1. The summed E-state index contributed by atoms with van der Waals surface area (Å²) in [5.41, 5.74) is 3.65. The molecule has 0 radical (unpaired) electrons. The molecule has 0 atom stereocenters. The van der Waals surface area contributed by atoms with E-state index in [2.05, 4.69) is 4.98 Å². The first-order valence-corrected chi connectivity index (χ1v) is 8.90. The lowest BCUT2D eigenvalue weighted by Crippen LogP contribution is -2.35. The average Bonchev–Trinajstić information content (AvgIpc) is 3.09. The SMILES string of the molecule is COC(=O)c1ccc2[nH]c3c(c2c1)CN(C(=O)c1ccc(OC)cc1O)CC3. The highest BCUT2D eigenvalue weighted by atomic mass is 16.5. The summed E-state index contributed by atoms with van der Waals surface area (Å²) < 4.78 is 9.88. The number of methoxy groups -OCH3 is 2. The number of H-pyrrole nitrogens is 1. The van der Waals surface area contributed by atoms with Crippen molar-refractivity contribution in [3.63, 3.8) is 0 Å². The number of carbonyl (C=O) groups is 2. The van der Waals surface area contributed by atoms with E-state index in [1.807, 2.05) is 6.07 Å². The highest BCUT2D eigenvalue weighted by Crippen LogP contribution is 2.31. The van der Waals surface area contributed by atoms with E-state index in [4.69, 9.17) is 9.47 Å². The first-order chi connectivity index (χ1) is 13.5. The topological polar surface area (TPSA) is 91.9 Å². The summed E-state index contributed by atoms with van der Waals surface area (Å²) >= 11 is 0. The van der Waals surface area contributed by atoms with Crippen molar-refractivity contribution in [3.05, 3.63) is 58.8 Å². The van der Waals surface area contributed by atoms with Crippen LogP contribution in [0.15, 0.2) is 36.4 Å². The second-order valence-corrected chi connectivity index (χ2v) is 6.69. The van der Waals surface area contributed by atoms with Crippen molar-refractivity contribution in [2.75, 3.05) is 20.8 Å². The predicted octanol–water partition coefficient (Wildman–Crippen LogP) is 2.87. The Hall–Kier alpha value is -3.48. The van der Waals surface area contributed by atoms with Gasteiger partial charge in [-0.05, 0) is 30.3 Å². The number of phenolic OH excluding ortho intramolecular Hbond substituents is 1. The van der Waals surface area contributed by atoms with Gasteiger partial charge in [0.25, 0.3) is 5.91 Å². The van der Waals surface area contributed by atoms with Gasteiger partial charge in [0.2, 0.25) is 0 Å². The summed E-state index contributed by atoms with van der Waals surface area (Å²) in [6.07, 6.45) is 0.667. The third-order valence-electron chi connectivity index (χ3n) is 5.12. The van der Waals surface area contributed by atoms with Crippen LogP contribution in [0.1, 0.15) is 32.0 Å². The number of esters is 1. The van der Waals surface area contributed by atoms with E-state index in [-0.39, 0.29) is 17.2 Å². The monoisotopic (exact) mass is 380 g/mol. The molecule has 0 spiro atoms. The Morgan fingerprint density at radius 3 is 2.68 bits per heavy atom. The van der Waals surface area contributed by atoms with Crippen LogP contribution in [0.5, 0.6) is 11.5 Å². The number of hydrogen-bond donors (Lipinski definition) is 2. The largest absolute Gasteiger partial charge is 0.507 e. The number of carbonyl (C=O) groups excluding carboxylic acids is 2. The van der Waals surface area contributed by atoms with Crippen LogP contribution in [0, 0.1) is 0 Å². The molecular formula is C21H20N2O5. The van der Waals surface area contributed by atoms with Crippen LogP contribution >= 0.6 is 0 Å². The molecule has 2 heterocycles. The standard InChI is InChI=1S/C21H20N2O5/c1-27-13-4-5-14(19(24)10-13)20(25)23-8-7-18-16(11-23)15-9-12(21(26)28-2)3-6-17(15)22-18/h3-6,9-10,22,24H,7-8,11H2,1-2H3. The predicted molar refractivity (Wildman–Crippen MR) is 103 cm³/mol. The highest BCUT2D eigenvalue weighted by Gasteiger charge is 2.26. The molecule has 2 N–H and O–H groups in total. The minimum absolute atomic E-state index is 0.109. The molecule has 144 valence electrons. The number of phenols is 1. The van der Waals surface area contributed by atoms with Gasteiger partial charge >= 0.3 is 5.97 Å². The lowest BCUT2D eigenvalue weighted by atomic mass is 10.0. The first kappa shape index (κ1) is 17.9. The maximum absolute atomic E-state index is 13.0. The van der Waals surface area contributed by atoms with Gasteiger partial charge in [0, 0.05) is 47.7 Å². The minimum atomic E-state index is -0.399. The van der Waals surface area contributed by atoms with Gasteiger partial charge in [0.1, 0.15) is 11.5 Å². The van der Waals surface area contributed by atoms with Gasteiger partial charge in [-0.2, -0.15) is 0 Å². The van der Waals surface area contributed by atoms with Crippen LogP contribution < -0.4 is 4.74 Å². The normalized spacial score (nSPS) is 13.3. The molecule has 0 aliphatic carbocycles. The van der Waals surface area contributed by atoms with Gasteiger partial charge in [-0.25, -0.2) is 4.79 Å². The molecule has 3 aromatic rings. The summed E-state index contributed by atoms with van der Waals surface area (Å²) in [7, 11) is 2.85. The Labute approximate surface area is 161 Å². The zero-order valence-corrected chi connectivity index (χ0v) is 15.6. The van der Waals surface area contributed by atoms with Crippen molar-refractivity contribution < 1.29 is 24.2 Å². The molecule has 1 aromatic heterocycles. The van der Waals surface area contributed by atoms with Crippen molar-refractivity contribution in [3.8, 4) is 11.5 Å². The molecule has 4 rings (SSSR count). The quantitative estimate of drug-likeness (QED) is 0.682. The molecule has 1 aliphatic heterocycles. The lowest BCUT2D eigenvalue weighted by Gasteiger charge is -2.27. The van der Waals surface area contributed by atoms with Crippen molar-refractivity contribution in [2.45, 2.75) is 13.0 Å². The van der Waals surface area contributed by atoms with Gasteiger partial charge in [0.15, 0.2) is 0 Å². The molecule has 28 heavy (non-hydrogen) atoms. The molecule has 2 aromatic carbocycles. The smallest absolute Gasteiger partial charge is 0.337 e.